The molecule has 0 aliphatic carbocycles. The summed E-state index contributed by atoms with van der Waals surface area (Å²) in [5.41, 5.74) is 9.39. The molecule has 3 heteroatoms. The monoisotopic (exact) mass is 257 g/mol. The molecule has 0 bridgehead atoms. The molecule has 1 aromatic heterocycles. The molecule has 3 nitrogen and oxygen atoms in total. The van der Waals surface area contributed by atoms with Gasteiger partial charge in [0.2, 0.25) is 0 Å². The first-order valence-electron chi connectivity index (χ1n) is 7.16. The number of nitrogens with zero attached hydrogens (tertiary/aromatic N) is 1. The lowest BCUT2D eigenvalue weighted by Crippen LogP contribution is -2.12. The molecule has 0 saturated heterocycles. The number of fused-ring (bicyclic) bond motifs is 1. The first kappa shape index (κ1) is 13.8. The summed E-state index contributed by atoms with van der Waals surface area (Å²) in [6.45, 7) is 6.00. The van der Waals surface area contributed by atoms with E-state index in [0.717, 1.165) is 37.1 Å². The number of benzene rings is 1. The second-order valence-corrected chi connectivity index (χ2v) is 4.71. The minimum Gasteiger partial charge on any atom is -0.370 e. The van der Waals surface area contributed by atoms with E-state index >= 15 is 0 Å². The van der Waals surface area contributed by atoms with Crippen molar-refractivity contribution >= 4 is 16.7 Å². The van der Waals surface area contributed by atoms with Crippen LogP contribution in [0.2, 0.25) is 0 Å². The molecule has 0 unspecified atom stereocenters. The quantitative estimate of drug-likeness (QED) is 0.782. The van der Waals surface area contributed by atoms with Crippen molar-refractivity contribution in [2.45, 2.75) is 33.1 Å². The van der Waals surface area contributed by atoms with Crippen molar-refractivity contribution < 1.29 is 0 Å². The molecule has 2 rings (SSSR count). The second kappa shape index (κ2) is 6.53. The lowest BCUT2D eigenvalue weighted by atomic mass is 9.98. The maximum absolute atomic E-state index is 5.55. The molecular formula is C16H23N3. The molecule has 0 radical (unpaired) electrons. The van der Waals surface area contributed by atoms with Gasteiger partial charge in [-0.15, -0.1) is 0 Å². The number of aryl methyl sites for hydroxylation is 1. The standard InChI is InChI=1S/C16H23N3/c1-3-12-13(4-2)16(18-11-7-10-17)19-15-9-6-5-8-14(12)15/h5-6,8-9H,3-4,7,10-11,17H2,1-2H3,(H,18,19). The number of nitrogens with two attached hydrogens (primary N) is 1. The van der Waals surface area contributed by atoms with Crippen molar-refractivity contribution in [3.05, 3.63) is 35.4 Å². The summed E-state index contributed by atoms with van der Waals surface area (Å²) < 4.78 is 0. The number of anilines is 1. The van der Waals surface area contributed by atoms with E-state index in [2.05, 4.69) is 37.4 Å². The van der Waals surface area contributed by atoms with Crippen LogP contribution < -0.4 is 11.1 Å². The van der Waals surface area contributed by atoms with E-state index in [-0.39, 0.29) is 0 Å². The van der Waals surface area contributed by atoms with Gasteiger partial charge in [0.1, 0.15) is 5.82 Å². The van der Waals surface area contributed by atoms with E-state index in [1.165, 1.54) is 16.5 Å². The van der Waals surface area contributed by atoms with Crippen LogP contribution in [0, 0.1) is 0 Å². The molecule has 19 heavy (non-hydrogen) atoms. The van der Waals surface area contributed by atoms with Gasteiger partial charge in [-0.3, -0.25) is 0 Å². The van der Waals surface area contributed by atoms with E-state index in [1.54, 1.807) is 0 Å². The fraction of sp³-hybridized carbons (Fsp3) is 0.438. The molecule has 0 saturated carbocycles. The third-order valence-electron chi connectivity index (χ3n) is 3.49. The predicted molar refractivity (Wildman–Crippen MR) is 82.7 cm³/mol. The Morgan fingerprint density at radius 3 is 2.53 bits per heavy atom. The zero-order valence-corrected chi connectivity index (χ0v) is 11.9. The third kappa shape index (κ3) is 2.87. The number of hydrogen-bond donors (Lipinski definition) is 2. The Kier molecular flexibility index (Phi) is 4.74. The molecule has 1 heterocycles. The van der Waals surface area contributed by atoms with Gasteiger partial charge in [-0.1, -0.05) is 32.0 Å². The molecule has 0 aliphatic heterocycles. The van der Waals surface area contributed by atoms with Crippen LogP contribution in [0.3, 0.4) is 0 Å². The Morgan fingerprint density at radius 1 is 1.11 bits per heavy atom. The molecule has 0 spiro atoms. The first-order chi connectivity index (χ1) is 9.31. The van der Waals surface area contributed by atoms with Crippen LogP contribution in [0.15, 0.2) is 24.3 Å². The van der Waals surface area contributed by atoms with Gasteiger partial charge in [-0.25, -0.2) is 4.98 Å². The topological polar surface area (TPSA) is 50.9 Å². The zero-order chi connectivity index (χ0) is 13.7. The van der Waals surface area contributed by atoms with Gasteiger partial charge in [0, 0.05) is 11.9 Å². The van der Waals surface area contributed by atoms with Crippen molar-refractivity contribution in [3.63, 3.8) is 0 Å². The summed E-state index contributed by atoms with van der Waals surface area (Å²) in [6.07, 6.45) is 3.02. The van der Waals surface area contributed by atoms with Crippen LogP contribution >= 0.6 is 0 Å². The van der Waals surface area contributed by atoms with E-state index in [1.807, 2.05) is 6.07 Å². The van der Waals surface area contributed by atoms with Crippen molar-refractivity contribution in [1.82, 2.24) is 4.98 Å². The fourth-order valence-corrected chi connectivity index (χ4v) is 2.56. The van der Waals surface area contributed by atoms with Crippen LogP contribution in [-0.4, -0.2) is 18.1 Å². The lowest BCUT2D eigenvalue weighted by Gasteiger charge is -2.16. The van der Waals surface area contributed by atoms with Crippen molar-refractivity contribution in [2.24, 2.45) is 5.73 Å². The maximum atomic E-state index is 5.55. The molecule has 3 N–H and O–H groups in total. The fourth-order valence-electron chi connectivity index (χ4n) is 2.56. The molecule has 1 aromatic carbocycles. The summed E-state index contributed by atoms with van der Waals surface area (Å²) in [5, 5.41) is 4.72. The smallest absolute Gasteiger partial charge is 0.130 e. The van der Waals surface area contributed by atoms with Crippen molar-refractivity contribution in [1.29, 1.82) is 0 Å². The Labute approximate surface area is 115 Å². The molecule has 0 amide bonds. The maximum Gasteiger partial charge on any atom is 0.130 e. The highest BCUT2D eigenvalue weighted by atomic mass is 15.0. The van der Waals surface area contributed by atoms with Crippen molar-refractivity contribution in [2.75, 3.05) is 18.4 Å². The SMILES string of the molecule is CCc1c(NCCCN)nc2ccccc2c1CC. The van der Waals surface area contributed by atoms with Gasteiger partial charge in [0.25, 0.3) is 0 Å². The van der Waals surface area contributed by atoms with Gasteiger partial charge in [-0.2, -0.15) is 0 Å². The summed E-state index contributed by atoms with van der Waals surface area (Å²) in [6, 6.07) is 8.39. The van der Waals surface area contributed by atoms with Gasteiger partial charge >= 0.3 is 0 Å². The summed E-state index contributed by atoms with van der Waals surface area (Å²) in [4.78, 5) is 4.77. The van der Waals surface area contributed by atoms with Gasteiger partial charge in [-0.05, 0) is 43.0 Å². The normalized spacial score (nSPS) is 10.9. The predicted octanol–water partition coefficient (Wildman–Crippen LogP) is 3.12. The summed E-state index contributed by atoms with van der Waals surface area (Å²) in [7, 11) is 0. The Hall–Kier alpha value is -1.61. The lowest BCUT2D eigenvalue weighted by molar-refractivity contribution is 0.866. The minimum absolute atomic E-state index is 0.711. The van der Waals surface area contributed by atoms with Crippen LogP contribution in [-0.2, 0) is 12.8 Å². The molecule has 102 valence electrons. The van der Waals surface area contributed by atoms with E-state index in [0.29, 0.717) is 6.54 Å². The number of pyridine rings is 1. The molecule has 2 aromatic rings. The van der Waals surface area contributed by atoms with E-state index in [4.69, 9.17) is 10.7 Å². The highest BCUT2D eigenvalue weighted by molar-refractivity contribution is 5.86. The second-order valence-electron chi connectivity index (χ2n) is 4.71. The van der Waals surface area contributed by atoms with Gasteiger partial charge < -0.3 is 11.1 Å². The number of aromatic nitrogens is 1. The minimum atomic E-state index is 0.711. The van der Waals surface area contributed by atoms with Crippen LogP contribution in [0.4, 0.5) is 5.82 Å². The Morgan fingerprint density at radius 2 is 1.84 bits per heavy atom. The number of nitrogens with one attached hydrogen (secondary N) is 1. The Bertz CT molecular complexity index is 549. The third-order valence-corrected chi connectivity index (χ3v) is 3.49. The number of para-hydroxylation sites is 1. The molecule has 0 aliphatic rings. The average molecular weight is 257 g/mol. The van der Waals surface area contributed by atoms with Crippen LogP contribution in [0.5, 0.6) is 0 Å². The van der Waals surface area contributed by atoms with Gasteiger partial charge in [0.15, 0.2) is 0 Å². The molecule has 0 atom stereocenters. The highest BCUT2D eigenvalue weighted by Gasteiger charge is 2.11. The van der Waals surface area contributed by atoms with Crippen LogP contribution in [0.1, 0.15) is 31.4 Å². The van der Waals surface area contributed by atoms with Crippen LogP contribution in [0.25, 0.3) is 10.9 Å². The molecular weight excluding hydrogens is 234 g/mol. The van der Waals surface area contributed by atoms with E-state index < -0.39 is 0 Å². The first-order valence-corrected chi connectivity index (χ1v) is 7.16. The molecule has 0 fully saturated rings. The Balaban J connectivity index is 2.49. The van der Waals surface area contributed by atoms with Gasteiger partial charge in [0.05, 0.1) is 5.52 Å². The van der Waals surface area contributed by atoms with Crippen molar-refractivity contribution in [3.8, 4) is 0 Å². The summed E-state index contributed by atoms with van der Waals surface area (Å²) >= 11 is 0. The summed E-state index contributed by atoms with van der Waals surface area (Å²) in [5.74, 6) is 1.03. The highest BCUT2D eigenvalue weighted by Crippen LogP contribution is 2.27. The van der Waals surface area contributed by atoms with E-state index in [9.17, 15) is 0 Å². The zero-order valence-electron chi connectivity index (χ0n) is 11.9. The largest absolute Gasteiger partial charge is 0.370 e. The average Bonchev–Trinajstić information content (AvgIpc) is 2.46. The number of rotatable bonds is 6. The number of hydrogen-bond acceptors (Lipinski definition) is 3.